The van der Waals surface area contributed by atoms with Gasteiger partial charge in [0, 0.05) is 0 Å². The maximum Gasteiger partial charge on any atom is 0.267 e. The molecule has 0 fully saturated rings. The van der Waals surface area contributed by atoms with Crippen LogP contribution in [-0.2, 0) is 26.7 Å². The van der Waals surface area contributed by atoms with Crippen LogP contribution in [0.4, 0.5) is 0 Å². The van der Waals surface area contributed by atoms with Gasteiger partial charge in [-0.05, 0) is 32.1 Å². The van der Waals surface area contributed by atoms with Crippen LogP contribution in [0.15, 0.2) is 18.7 Å². The Bertz CT molecular complexity index is 454. The van der Waals surface area contributed by atoms with Gasteiger partial charge < -0.3 is 13.9 Å². The van der Waals surface area contributed by atoms with Gasteiger partial charge in [0.25, 0.3) is 7.82 Å². The summed E-state index contributed by atoms with van der Waals surface area (Å²) in [5.74, 6) is 0. The molecule has 25 heavy (non-hydrogen) atoms. The van der Waals surface area contributed by atoms with Crippen LogP contribution in [0, 0.1) is 0 Å². The quantitative estimate of drug-likeness (QED) is 0.296. The number of rotatable bonds is 13. The molecule has 1 aromatic rings. The van der Waals surface area contributed by atoms with Crippen molar-refractivity contribution in [3.63, 3.8) is 0 Å². The summed E-state index contributed by atoms with van der Waals surface area (Å²) in [6, 6.07) is 0. The molecule has 7 heteroatoms. The number of imidazole rings is 1. The fourth-order valence-electron chi connectivity index (χ4n) is 2.13. The van der Waals surface area contributed by atoms with E-state index in [1.807, 2.05) is 13.8 Å². The minimum absolute atomic E-state index is 0.199. The van der Waals surface area contributed by atoms with Crippen molar-refractivity contribution in [2.45, 2.75) is 85.7 Å². The summed E-state index contributed by atoms with van der Waals surface area (Å²) >= 11 is 0. The monoisotopic (exact) mass is 376 g/mol. The van der Waals surface area contributed by atoms with Gasteiger partial charge in [-0.25, -0.2) is 9.13 Å². The zero-order valence-electron chi connectivity index (χ0n) is 16.5. The van der Waals surface area contributed by atoms with Crippen LogP contribution in [-0.4, -0.2) is 17.8 Å². The summed E-state index contributed by atoms with van der Waals surface area (Å²) in [5, 5.41) is 0. The van der Waals surface area contributed by atoms with E-state index < -0.39 is 7.82 Å². The molecule has 0 saturated heterocycles. The molecule has 0 unspecified atom stereocenters. The zero-order chi connectivity index (χ0) is 19.0. The minimum atomic E-state index is -3.98. The molecule has 0 atom stereocenters. The Morgan fingerprint density at radius 1 is 0.960 bits per heavy atom. The fourth-order valence-corrected chi connectivity index (χ4v) is 3.01. The highest BCUT2D eigenvalue weighted by Gasteiger charge is 2.06. The van der Waals surface area contributed by atoms with Gasteiger partial charge in [0.2, 0.25) is 6.33 Å². The van der Waals surface area contributed by atoms with Crippen LogP contribution < -0.4 is 9.46 Å². The first-order valence-electron chi connectivity index (χ1n) is 9.63. The van der Waals surface area contributed by atoms with Crippen LogP contribution >= 0.6 is 7.82 Å². The molecule has 0 aliphatic rings. The zero-order valence-corrected chi connectivity index (χ0v) is 17.4. The Balaban J connectivity index is 0.000000477. The highest BCUT2D eigenvalue weighted by molar-refractivity contribution is 7.45. The summed E-state index contributed by atoms with van der Waals surface area (Å²) in [6.45, 7) is 10.9. The predicted octanol–water partition coefficient (Wildman–Crippen LogP) is 4.07. The summed E-state index contributed by atoms with van der Waals surface area (Å²) in [6.07, 6.45) is 14.5. The van der Waals surface area contributed by atoms with Gasteiger partial charge >= 0.3 is 0 Å². The van der Waals surface area contributed by atoms with Crippen molar-refractivity contribution in [1.29, 1.82) is 0 Å². The largest absolute Gasteiger partial charge is 0.756 e. The van der Waals surface area contributed by atoms with Crippen LogP contribution in [0.25, 0.3) is 0 Å². The summed E-state index contributed by atoms with van der Waals surface area (Å²) in [7, 11) is -3.98. The number of hydrogen-bond acceptors (Lipinski definition) is 4. The van der Waals surface area contributed by atoms with E-state index in [0.29, 0.717) is 12.8 Å². The molecular weight excluding hydrogens is 339 g/mol. The molecule has 1 aromatic heterocycles. The standard InChI is InChI=1S/C12H23N2.C6H15O4P/c1-3-5-6-7-9-14-11-10-13(12-14)8-4-2;1-3-5-9-11(7,8)10-6-4-2/h10-12H,3-9H2,1-2H3;3-6H2,1-2H3,(H,7,8)/q+1;/p-1. The van der Waals surface area contributed by atoms with Crippen LogP contribution in [0.2, 0.25) is 0 Å². The number of nitrogens with zero attached hydrogens (tertiary/aromatic N) is 2. The molecular formula is C18H37N2O4P. The smallest absolute Gasteiger partial charge is 0.267 e. The van der Waals surface area contributed by atoms with E-state index in [-0.39, 0.29) is 13.2 Å². The molecule has 0 aromatic carbocycles. The Morgan fingerprint density at radius 3 is 2.12 bits per heavy atom. The highest BCUT2D eigenvalue weighted by Crippen LogP contribution is 2.38. The normalized spacial score (nSPS) is 11.2. The Labute approximate surface area is 153 Å². The number of aromatic nitrogens is 2. The van der Waals surface area contributed by atoms with Crippen molar-refractivity contribution in [2.75, 3.05) is 13.2 Å². The lowest BCUT2D eigenvalue weighted by Gasteiger charge is -2.21. The minimum Gasteiger partial charge on any atom is -0.756 e. The third-order valence-corrected chi connectivity index (χ3v) is 4.40. The lowest BCUT2D eigenvalue weighted by atomic mass is 10.2. The van der Waals surface area contributed by atoms with Crippen molar-refractivity contribution >= 4 is 7.82 Å². The van der Waals surface area contributed by atoms with Crippen LogP contribution in [0.5, 0.6) is 0 Å². The number of phosphoric ester groups is 1. The number of aryl methyl sites for hydroxylation is 2. The first-order chi connectivity index (χ1) is 12.0. The molecule has 0 aliphatic carbocycles. The molecule has 148 valence electrons. The van der Waals surface area contributed by atoms with Gasteiger partial charge in [-0.15, -0.1) is 0 Å². The topological polar surface area (TPSA) is 67.4 Å². The number of unbranched alkanes of at least 4 members (excludes halogenated alkanes) is 3. The van der Waals surface area contributed by atoms with Gasteiger partial charge in [-0.3, -0.25) is 4.57 Å². The molecule has 0 aliphatic heterocycles. The van der Waals surface area contributed by atoms with Crippen LogP contribution in [0.3, 0.4) is 0 Å². The Hall–Kier alpha value is -0.680. The molecule has 0 radical (unpaired) electrons. The highest BCUT2D eigenvalue weighted by atomic mass is 31.2. The SMILES string of the molecule is CCCCCCn1cc[n+](CCC)c1.CCCOP(=O)([O-])OCCC. The van der Waals surface area contributed by atoms with E-state index >= 15 is 0 Å². The lowest BCUT2D eigenvalue weighted by Crippen LogP contribution is -2.30. The first kappa shape index (κ1) is 24.3. The molecule has 6 nitrogen and oxygen atoms in total. The van der Waals surface area contributed by atoms with E-state index in [2.05, 4.69) is 50.8 Å². The van der Waals surface area contributed by atoms with E-state index in [1.165, 1.54) is 38.6 Å². The Kier molecular flexibility index (Phi) is 15.1. The lowest BCUT2D eigenvalue weighted by molar-refractivity contribution is -0.696. The first-order valence-corrected chi connectivity index (χ1v) is 11.1. The van der Waals surface area contributed by atoms with E-state index in [0.717, 1.165) is 6.54 Å². The fraction of sp³-hybridized carbons (Fsp3) is 0.833. The second-order valence-electron chi connectivity index (χ2n) is 6.06. The summed E-state index contributed by atoms with van der Waals surface area (Å²) < 4.78 is 24.2. The molecule has 0 spiro atoms. The second kappa shape index (κ2) is 15.6. The molecule has 0 bridgehead atoms. The summed E-state index contributed by atoms with van der Waals surface area (Å²) in [5.41, 5.74) is 0. The average Bonchev–Trinajstić information content (AvgIpc) is 3.04. The van der Waals surface area contributed by atoms with Crippen LogP contribution in [0.1, 0.15) is 72.6 Å². The van der Waals surface area contributed by atoms with Gasteiger partial charge in [0.15, 0.2) is 0 Å². The third-order valence-electron chi connectivity index (χ3n) is 3.40. The number of phosphoric acid groups is 1. The molecule has 1 rings (SSSR count). The molecule has 1 heterocycles. The molecule has 0 saturated carbocycles. The van der Waals surface area contributed by atoms with Gasteiger partial charge in [0.1, 0.15) is 12.4 Å². The van der Waals surface area contributed by atoms with Gasteiger partial charge in [-0.1, -0.05) is 40.5 Å². The van der Waals surface area contributed by atoms with Crippen molar-refractivity contribution in [3.8, 4) is 0 Å². The Morgan fingerprint density at radius 2 is 1.60 bits per heavy atom. The molecule has 0 N–H and O–H groups in total. The van der Waals surface area contributed by atoms with E-state index in [4.69, 9.17) is 0 Å². The van der Waals surface area contributed by atoms with Crippen molar-refractivity contribution in [2.24, 2.45) is 0 Å². The predicted molar refractivity (Wildman–Crippen MR) is 99.2 cm³/mol. The van der Waals surface area contributed by atoms with E-state index in [1.54, 1.807) is 0 Å². The second-order valence-corrected chi connectivity index (χ2v) is 7.47. The van der Waals surface area contributed by atoms with Gasteiger partial charge in [-0.2, -0.15) is 0 Å². The molecule has 0 amide bonds. The van der Waals surface area contributed by atoms with Gasteiger partial charge in [0.05, 0.1) is 26.3 Å². The van der Waals surface area contributed by atoms with E-state index in [9.17, 15) is 9.46 Å². The van der Waals surface area contributed by atoms with Crippen molar-refractivity contribution in [3.05, 3.63) is 18.7 Å². The average molecular weight is 376 g/mol. The summed E-state index contributed by atoms with van der Waals surface area (Å²) in [4.78, 5) is 10.7. The number of hydrogen-bond donors (Lipinski definition) is 0. The maximum atomic E-state index is 10.7. The maximum absolute atomic E-state index is 10.7. The van der Waals surface area contributed by atoms with Crippen molar-refractivity contribution in [1.82, 2.24) is 4.57 Å². The van der Waals surface area contributed by atoms with Crippen molar-refractivity contribution < 1.29 is 23.1 Å². The third kappa shape index (κ3) is 14.2.